The molecule has 1 aliphatic rings. The molecule has 0 aliphatic carbocycles. The quantitative estimate of drug-likeness (QED) is 0.600. The zero-order valence-electron chi connectivity index (χ0n) is 13.5. The Bertz CT molecular complexity index is 812. The van der Waals surface area contributed by atoms with E-state index in [0.717, 1.165) is 11.3 Å². The highest BCUT2D eigenvalue weighted by atomic mass is 32.2. The van der Waals surface area contributed by atoms with E-state index in [-0.39, 0.29) is 5.91 Å². The van der Waals surface area contributed by atoms with Gasteiger partial charge in [0.15, 0.2) is 0 Å². The molecule has 0 aromatic heterocycles. The smallest absolute Gasteiger partial charge is 0.265 e. The van der Waals surface area contributed by atoms with Gasteiger partial charge in [-0.2, -0.15) is 0 Å². The van der Waals surface area contributed by atoms with Gasteiger partial charge < -0.3 is 4.74 Å². The van der Waals surface area contributed by atoms with Crippen LogP contribution in [0.3, 0.4) is 0 Å². The highest BCUT2D eigenvalue weighted by Crippen LogP contribution is 2.31. The van der Waals surface area contributed by atoms with Crippen molar-refractivity contribution in [1.82, 2.24) is 4.90 Å². The topological polar surface area (TPSA) is 29.5 Å². The predicted octanol–water partition coefficient (Wildman–Crippen LogP) is 4.41. The molecule has 3 rings (SSSR count). The molecule has 5 heteroatoms. The number of aryl methyl sites for hydroxylation is 1. The first-order chi connectivity index (χ1) is 11.5. The molecule has 24 heavy (non-hydrogen) atoms. The molecule has 0 saturated carbocycles. The fraction of sp³-hybridized carbons (Fsp3) is 0.158. The van der Waals surface area contributed by atoms with Crippen LogP contribution in [-0.2, 0) is 11.4 Å². The van der Waals surface area contributed by atoms with Crippen LogP contribution in [0, 0.1) is 6.92 Å². The van der Waals surface area contributed by atoms with Crippen molar-refractivity contribution in [3.05, 3.63) is 70.1 Å². The summed E-state index contributed by atoms with van der Waals surface area (Å²) in [5.41, 5.74) is 3.34. The number of carbonyl (C=O) groups excluding carboxylic acids is 1. The normalized spacial score (nSPS) is 16.1. The zero-order valence-corrected chi connectivity index (χ0v) is 15.1. The number of thiocarbonyl (C=S) groups is 1. The van der Waals surface area contributed by atoms with E-state index < -0.39 is 0 Å². The number of hydrogen-bond donors (Lipinski definition) is 0. The SMILES string of the molecule is Cc1ccccc1COc1ccc(C=C2SC(=S)N(C)C2=O)cc1. The Morgan fingerprint density at radius 1 is 1.17 bits per heavy atom. The number of rotatable bonds is 4. The van der Waals surface area contributed by atoms with Crippen molar-refractivity contribution in [3.8, 4) is 5.75 Å². The molecule has 1 amide bonds. The fourth-order valence-electron chi connectivity index (χ4n) is 2.29. The summed E-state index contributed by atoms with van der Waals surface area (Å²) in [6, 6.07) is 15.9. The van der Waals surface area contributed by atoms with Gasteiger partial charge in [-0.1, -0.05) is 60.4 Å². The molecule has 122 valence electrons. The van der Waals surface area contributed by atoms with Crippen LogP contribution in [0.1, 0.15) is 16.7 Å². The summed E-state index contributed by atoms with van der Waals surface area (Å²) in [4.78, 5) is 14.1. The molecular weight excluding hydrogens is 338 g/mol. The van der Waals surface area contributed by atoms with Gasteiger partial charge in [-0.15, -0.1) is 0 Å². The number of amides is 1. The maximum Gasteiger partial charge on any atom is 0.265 e. The summed E-state index contributed by atoms with van der Waals surface area (Å²) < 4.78 is 6.42. The predicted molar refractivity (Wildman–Crippen MR) is 103 cm³/mol. The number of likely N-dealkylation sites (N-methyl/N-ethyl adjacent to an activating group) is 1. The van der Waals surface area contributed by atoms with Crippen molar-refractivity contribution < 1.29 is 9.53 Å². The first-order valence-electron chi connectivity index (χ1n) is 7.53. The Kier molecular flexibility index (Phi) is 5.02. The van der Waals surface area contributed by atoms with Crippen molar-refractivity contribution in [2.24, 2.45) is 0 Å². The Hall–Kier alpha value is -2.11. The van der Waals surface area contributed by atoms with Crippen molar-refractivity contribution >= 4 is 40.3 Å². The molecular formula is C19H17NO2S2. The molecule has 1 heterocycles. The molecule has 0 radical (unpaired) electrons. The lowest BCUT2D eigenvalue weighted by Crippen LogP contribution is -2.22. The van der Waals surface area contributed by atoms with Gasteiger partial charge in [0.05, 0.1) is 4.91 Å². The molecule has 0 spiro atoms. The Labute approximate surface area is 151 Å². The Balaban J connectivity index is 1.67. The van der Waals surface area contributed by atoms with Gasteiger partial charge in [-0.25, -0.2) is 0 Å². The van der Waals surface area contributed by atoms with E-state index in [9.17, 15) is 4.79 Å². The van der Waals surface area contributed by atoms with E-state index in [1.165, 1.54) is 27.8 Å². The van der Waals surface area contributed by atoms with Crippen LogP contribution in [0.5, 0.6) is 5.75 Å². The second-order valence-corrected chi connectivity index (χ2v) is 7.20. The summed E-state index contributed by atoms with van der Waals surface area (Å²) in [6.07, 6.45) is 1.86. The molecule has 1 saturated heterocycles. The third-order valence-corrected chi connectivity index (χ3v) is 5.30. The van der Waals surface area contributed by atoms with Crippen LogP contribution in [-0.4, -0.2) is 22.2 Å². The van der Waals surface area contributed by atoms with Gasteiger partial charge in [0, 0.05) is 7.05 Å². The summed E-state index contributed by atoms with van der Waals surface area (Å²) in [6.45, 7) is 2.62. The van der Waals surface area contributed by atoms with Crippen LogP contribution in [0.2, 0.25) is 0 Å². The van der Waals surface area contributed by atoms with Crippen LogP contribution in [0.25, 0.3) is 6.08 Å². The van der Waals surface area contributed by atoms with Crippen LogP contribution >= 0.6 is 24.0 Å². The van der Waals surface area contributed by atoms with Gasteiger partial charge in [0.25, 0.3) is 5.91 Å². The van der Waals surface area contributed by atoms with E-state index in [1.54, 1.807) is 7.05 Å². The first kappa shape index (κ1) is 16.7. The summed E-state index contributed by atoms with van der Waals surface area (Å²) in [5.74, 6) is 0.753. The number of ether oxygens (including phenoxy) is 1. The van der Waals surface area contributed by atoms with Gasteiger partial charge in [0.2, 0.25) is 0 Å². The monoisotopic (exact) mass is 355 g/mol. The highest BCUT2D eigenvalue weighted by molar-refractivity contribution is 8.26. The Morgan fingerprint density at radius 3 is 2.50 bits per heavy atom. The van der Waals surface area contributed by atoms with E-state index in [4.69, 9.17) is 17.0 Å². The molecule has 1 aliphatic heterocycles. The number of hydrogen-bond acceptors (Lipinski definition) is 4. The van der Waals surface area contributed by atoms with Crippen molar-refractivity contribution in [2.75, 3.05) is 7.05 Å². The summed E-state index contributed by atoms with van der Waals surface area (Å²) in [7, 11) is 1.70. The third kappa shape index (κ3) is 3.68. The Morgan fingerprint density at radius 2 is 1.88 bits per heavy atom. The standard InChI is InChI=1S/C19H17NO2S2/c1-13-5-3-4-6-15(13)12-22-16-9-7-14(8-10-16)11-17-18(21)20(2)19(23)24-17/h3-11H,12H2,1-2H3. The van der Waals surface area contributed by atoms with Gasteiger partial charge in [-0.05, 0) is 41.8 Å². The lowest BCUT2D eigenvalue weighted by molar-refractivity contribution is -0.121. The van der Waals surface area contributed by atoms with Crippen LogP contribution in [0.15, 0.2) is 53.4 Å². The lowest BCUT2D eigenvalue weighted by Gasteiger charge is -2.08. The van der Waals surface area contributed by atoms with Crippen LogP contribution < -0.4 is 4.74 Å². The molecule has 1 fully saturated rings. The van der Waals surface area contributed by atoms with Gasteiger partial charge in [-0.3, -0.25) is 9.69 Å². The maximum atomic E-state index is 12.0. The average molecular weight is 355 g/mol. The fourth-order valence-corrected chi connectivity index (χ4v) is 3.47. The molecule has 3 nitrogen and oxygen atoms in total. The van der Waals surface area contributed by atoms with Crippen LogP contribution in [0.4, 0.5) is 0 Å². The minimum absolute atomic E-state index is 0.0510. The summed E-state index contributed by atoms with van der Waals surface area (Å²) in [5, 5.41) is 0. The van der Waals surface area contributed by atoms with Crippen molar-refractivity contribution in [2.45, 2.75) is 13.5 Å². The molecule has 0 bridgehead atoms. The minimum Gasteiger partial charge on any atom is -0.489 e. The zero-order chi connectivity index (χ0) is 17.1. The minimum atomic E-state index is -0.0510. The number of thioether (sulfide) groups is 1. The third-order valence-electron chi connectivity index (χ3n) is 3.82. The van der Waals surface area contributed by atoms with Crippen molar-refractivity contribution in [1.29, 1.82) is 0 Å². The van der Waals surface area contributed by atoms with Crippen molar-refractivity contribution in [3.63, 3.8) is 0 Å². The first-order valence-corrected chi connectivity index (χ1v) is 8.76. The lowest BCUT2D eigenvalue weighted by atomic mass is 10.1. The maximum absolute atomic E-state index is 12.0. The number of benzene rings is 2. The second kappa shape index (κ2) is 7.20. The van der Waals surface area contributed by atoms with E-state index in [1.807, 2.05) is 42.5 Å². The largest absolute Gasteiger partial charge is 0.489 e. The van der Waals surface area contributed by atoms with E-state index in [2.05, 4.69) is 19.1 Å². The highest BCUT2D eigenvalue weighted by Gasteiger charge is 2.28. The second-order valence-electron chi connectivity index (χ2n) is 5.52. The average Bonchev–Trinajstić information content (AvgIpc) is 2.82. The number of carbonyl (C=O) groups is 1. The molecule has 2 aromatic carbocycles. The molecule has 0 N–H and O–H groups in total. The van der Waals surface area contributed by atoms with Gasteiger partial charge in [0.1, 0.15) is 16.7 Å². The van der Waals surface area contributed by atoms with E-state index in [0.29, 0.717) is 15.8 Å². The van der Waals surface area contributed by atoms with E-state index >= 15 is 0 Å². The molecule has 2 aromatic rings. The summed E-state index contributed by atoms with van der Waals surface area (Å²) >= 11 is 6.46. The molecule has 0 unspecified atom stereocenters. The molecule has 0 atom stereocenters. The van der Waals surface area contributed by atoms with Gasteiger partial charge >= 0.3 is 0 Å². The number of nitrogens with zero attached hydrogens (tertiary/aromatic N) is 1.